The molecule has 1 aliphatic heterocycles. The maximum absolute atomic E-state index is 13.0. The number of aryl methyl sites for hydroxylation is 1. The normalized spacial score (nSPS) is 14.8. The van der Waals surface area contributed by atoms with E-state index in [2.05, 4.69) is 29.1 Å². The van der Waals surface area contributed by atoms with Crippen LogP contribution >= 0.6 is 0 Å². The number of carbonyl (C=O) groups is 1. The summed E-state index contributed by atoms with van der Waals surface area (Å²) in [5.41, 5.74) is 2.66. The monoisotopic (exact) mass is 422 g/mol. The number of carbonyl (C=O) groups excluding carboxylic acids is 1. The lowest BCUT2D eigenvalue weighted by Crippen LogP contribution is -2.27. The minimum absolute atomic E-state index is 0.0660. The molecule has 1 atom stereocenters. The quantitative estimate of drug-likeness (QED) is 0.711. The third-order valence-corrected chi connectivity index (χ3v) is 4.93. The van der Waals surface area contributed by atoms with Crippen LogP contribution in [0.5, 0.6) is 5.88 Å². The van der Waals surface area contributed by atoms with E-state index >= 15 is 0 Å². The Morgan fingerprint density at radius 2 is 2.00 bits per heavy atom. The van der Waals surface area contributed by atoms with Crippen LogP contribution in [-0.2, 0) is 6.54 Å². The molecule has 0 saturated heterocycles. The molecule has 1 amide bonds. The highest BCUT2D eigenvalue weighted by atomic mass is 19.4. The Kier molecular flexibility index (Phi) is 6.19. The zero-order valence-corrected chi connectivity index (χ0v) is 17.4. The number of hydrogen-bond acceptors (Lipinski definition) is 5. The number of alkyl halides is 3. The van der Waals surface area contributed by atoms with Crippen molar-refractivity contribution < 1.29 is 22.7 Å². The molecule has 0 saturated carbocycles. The largest absolute Gasteiger partial charge is 0.468 e. The number of nitrogens with one attached hydrogen (secondary N) is 1. The van der Waals surface area contributed by atoms with E-state index in [4.69, 9.17) is 4.74 Å². The molecule has 2 aromatic rings. The highest BCUT2D eigenvalue weighted by molar-refractivity contribution is 5.99. The van der Waals surface area contributed by atoms with Crippen molar-refractivity contribution in [2.24, 2.45) is 5.92 Å². The van der Waals surface area contributed by atoms with E-state index in [0.29, 0.717) is 29.4 Å². The van der Waals surface area contributed by atoms with Crippen molar-refractivity contribution in [2.75, 3.05) is 18.5 Å². The molecule has 0 aromatic carbocycles. The van der Waals surface area contributed by atoms with Crippen LogP contribution in [0.2, 0.25) is 0 Å². The fourth-order valence-corrected chi connectivity index (χ4v) is 3.31. The Morgan fingerprint density at radius 3 is 2.63 bits per heavy atom. The second-order valence-electron chi connectivity index (χ2n) is 7.86. The minimum atomic E-state index is -4.43. The lowest BCUT2D eigenvalue weighted by atomic mass is 10.1. The van der Waals surface area contributed by atoms with E-state index in [1.54, 1.807) is 30.2 Å². The zero-order valence-electron chi connectivity index (χ0n) is 17.4. The fourth-order valence-electron chi connectivity index (χ4n) is 3.31. The standard InChI is InChI=1S/C21H25F3N4O2/c1-12(2)8-26-18-17-10-28(20(29)16(17)5-6-25-18)14(4)15-7-13(3)19(27-9-15)30-11-21(22,23)24/h5-7,9,12,14H,8,10-11H2,1-4H3,(H,25,26). The molecule has 2 aromatic heterocycles. The molecule has 9 heteroatoms. The van der Waals surface area contributed by atoms with Gasteiger partial charge in [0.25, 0.3) is 5.91 Å². The van der Waals surface area contributed by atoms with Crippen molar-refractivity contribution in [3.63, 3.8) is 0 Å². The Hall–Kier alpha value is -2.84. The minimum Gasteiger partial charge on any atom is -0.468 e. The first-order valence-electron chi connectivity index (χ1n) is 9.75. The highest BCUT2D eigenvalue weighted by Crippen LogP contribution is 2.34. The smallest absolute Gasteiger partial charge is 0.422 e. The average Bonchev–Trinajstić information content (AvgIpc) is 3.01. The molecule has 6 nitrogen and oxygen atoms in total. The lowest BCUT2D eigenvalue weighted by molar-refractivity contribution is -0.154. The van der Waals surface area contributed by atoms with Gasteiger partial charge in [0, 0.05) is 35.6 Å². The van der Waals surface area contributed by atoms with Crippen LogP contribution < -0.4 is 10.1 Å². The summed E-state index contributed by atoms with van der Waals surface area (Å²) in [7, 11) is 0. The van der Waals surface area contributed by atoms with Gasteiger partial charge in [-0.25, -0.2) is 9.97 Å². The molecule has 3 rings (SSSR count). The topological polar surface area (TPSA) is 67.4 Å². The maximum atomic E-state index is 13.0. The molecule has 0 fully saturated rings. The van der Waals surface area contributed by atoms with Crippen molar-refractivity contribution >= 4 is 11.7 Å². The molecule has 0 spiro atoms. The molecule has 0 aliphatic carbocycles. The Bertz CT molecular complexity index is 931. The molecule has 0 radical (unpaired) electrons. The number of pyridine rings is 2. The van der Waals surface area contributed by atoms with E-state index < -0.39 is 12.8 Å². The fraction of sp³-hybridized carbons (Fsp3) is 0.476. The average molecular weight is 422 g/mol. The van der Waals surface area contributed by atoms with Gasteiger partial charge in [-0.2, -0.15) is 13.2 Å². The second-order valence-corrected chi connectivity index (χ2v) is 7.86. The lowest BCUT2D eigenvalue weighted by Gasteiger charge is -2.25. The molecular weight excluding hydrogens is 397 g/mol. The zero-order chi connectivity index (χ0) is 22.1. The molecule has 0 bridgehead atoms. The summed E-state index contributed by atoms with van der Waals surface area (Å²) in [6, 6.07) is 3.10. The third kappa shape index (κ3) is 4.83. The Balaban J connectivity index is 1.77. The van der Waals surface area contributed by atoms with E-state index in [1.807, 2.05) is 6.92 Å². The predicted octanol–water partition coefficient (Wildman–Crippen LogP) is 4.51. The van der Waals surface area contributed by atoms with Gasteiger partial charge in [0.2, 0.25) is 5.88 Å². The number of hydrogen-bond donors (Lipinski definition) is 1. The number of aromatic nitrogens is 2. The van der Waals surface area contributed by atoms with Crippen molar-refractivity contribution in [1.82, 2.24) is 14.9 Å². The maximum Gasteiger partial charge on any atom is 0.422 e. The van der Waals surface area contributed by atoms with Crippen molar-refractivity contribution in [3.8, 4) is 5.88 Å². The summed E-state index contributed by atoms with van der Waals surface area (Å²) in [5.74, 6) is 0.961. The van der Waals surface area contributed by atoms with Crippen LogP contribution in [-0.4, -0.2) is 40.1 Å². The first kappa shape index (κ1) is 21.9. The van der Waals surface area contributed by atoms with E-state index in [9.17, 15) is 18.0 Å². The van der Waals surface area contributed by atoms with Gasteiger partial charge in [0.1, 0.15) is 5.82 Å². The molecule has 1 unspecified atom stereocenters. The summed E-state index contributed by atoms with van der Waals surface area (Å²) >= 11 is 0. The van der Waals surface area contributed by atoms with Crippen molar-refractivity contribution in [1.29, 1.82) is 0 Å². The first-order chi connectivity index (χ1) is 14.1. The number of rotatable bonds is 7. The Labute approximate surface area is 173 Å². The summed E-state index contributed by atoms with van der Waals surface area (Å²) in [6.45, 7) is 7.43. The van der Waals surface area contributed by atoms with Gasteiger partial charge in [-0.15, -0.1) is 0 Å². The Morgan fingerprint density at radius 1 is 1.27 bits per heavy atom. The van der Waals surface area contributed by atoms with Gasteiger partial charge in [0.15, 0.2) is 6.61 Å². The highest BCUT2D eigenvalue weighted by Gasteiger charge is 2.34. The molecule has 162 valence electrons. The molecule has 1 N–H and O–H groups in total. The van der Waals surface area contributed by atoms with Gasteiger partial charge >= 0.3 is 6.18 Å². The number of amides is 1. The van der Waals surface area contributed by atoms with Gasteiger partial charge < -0.3 is 15.0 Å². The van der Waals surface area contributed by atoms with E-state index in [0.717, 1.165) is 17.7 Å². The van der Waals surface area contributed by atoms with Crippen LogP contribution in [0, 0.1) is 12.8 Å². The molecule has 30 heavy (non-hydrogen) atoms. The summed E-state index contributed by atoms with van der Waals surface area (Å²) in [4.78, 5) is 23.1. The molecular formula is C21H25F3N4O2. The van der Waals surface area contributed by atoms with Gasteiger partial charge in [0.05, 0.1) is 12.6 Å². The first-order valence-corrected chi connectivity index (χ1v) is 9.75. The molecule has 3 heterocycles. The van der Waals surface area contributed by atoms with Crippen LogP contribution in [0.4, 0.5) is 19.0 Å². The van der Waals surface area contributed by atoms with Gasteiger partial charge in [-0.1, -0.05) is 13.8 Å². The number of nitrogens with zero attached hydrogens (tertiary/aromatic N) is 3. The van der Waals surface area contributed by atoms with Crippen LogP contribution in [0.15, 0.2) is 24.5 Å². The summed E-state index contributed by atoms with van der Waals surface area (Å²) in [6.07, 6.45) is -1.36. The van der Waals surface area contributed by atoms with Crippen LogP contribution in [0.1, 0.15) is 53.9 Å². The van der Waals surface area contributed by atoms with Crippen molar-refractivity contribution in [3.05, 3.63) is 46.8 Å². The summed E-state index contributed by atoms with van der Waals surface area (Å²) in [5, 5.41) is 3.30. The molecule has 1 aliphatic rings. The van der Waals surface area contributed by atoms with Crippen LogP contribution in [0.3, 0.4) is 0 Å². The van der Waals surface area contributed by atoms with Crippen LogP contribution in [0.25, 0.3) is 0 Å². The van der Waals surface area contributed by atoms with Gasteiger partial charge in [-0.3, -0.25) is 4.79 Å². The number of halogens is 3. The number of ether oxygens (including phenoxy) is 1. The number of fused-ring (bicyclic) bond motifs is 1. The SMILES string of the molecule is Cc1cc(C(C)N2Cc3c(ccnc3NCC(C)C)C2=O)cnc1OCC(F)(F)F. The number of anilines is 1. The van der Waals surface area contributed by atoms with E-state index in [-0.39, 0.29) is 17.8 Å². The summed E-state index contributed by atoms with van der Waals surface area (Å²) < 4.78 is 41.9. The predicted molar refractivity (Wildman–Crippen MR) is 106 cm³/mol. The van der Waals surface area contributed by atoms with Gasteiger partial charge in [-0.05, 0) is 37.5 Å². The van der Waals surface area contributed by atoms with Crippen molar-refractivity contribution in [2.45, 2.75) is 46.5 Å². The second kappa shape index (κ2) is 8.49. The third-order valence-electron chi connectivity index (χ3n) is 4.93. The van der Waals surface area contributed by atoms with E-state index in [1.165, 1.54) is 6.20 Å².